The Hall–Kier alpha value is -0.860. The van der Waals surface area contributed by atoms with Gasteiger partial charge in [-0.1, -0.05) is 37.6 Å². The highest BCUT2D eigenvalue weighted by atomic mass is 15.1. The summed E-state index contributed by atoms with van der Waals surface area (Å²) in [5, 5.41) is 3.19. The molecule has 0 aliphatic heterocycles. The molecule has 1 rings (SSSR count). The fourth-order valence-electron chi connectivity index (χ4n) is 2.12. The van der Waals surface area contributed by atoms with Gasteiger partial charge in [-0.25, -0.2) is 0 Å². The zero-order chi connectivity index (χ0) is 12.7. The molecule has 96 valence electrons. The van der Waals surface area contributed by atoms with Crippen LogP contribution < -0.4 is 5.32 Å². The minimum absolute atomic E-state index is 0.660. The topological polar surface area (TPSA) is 15.3 Å². The van der Waals surface area contributed by atoms with Gasteiger partial charge in [0.05, 0.1) is 0 Å². The molecule has 2 nitrogen and oxygen atoms in total. The van der Waals surface area contributed by atoms with Crippen LogP contribution in [-0.4, -0.2) is 25.0 Å². The van der Waals surface area contributed by atoms with E-state index in [1.165, 1.54) is 24.0 Å². The van der Waals surface area contributed by atoms with E-state index in [1.54, 1.807) is 0 Å². The van der Waals surface area contributed by atoms with Gasteiger partial charge in [0.2, 0.25) is 0 Å². The Morgan fingerprint density at radius 2 is 2.00 bits per heavy atom. The molecule has 0 aliphatic rings. The molecular formula is C15H26N2. The van der Waals surface area contributed by atoms with Crippen LogP contribution in [0.1, 0.15) is 37.8 Å². The summed E-state index contributed by atoms with van der Waals surface area (Å²) < 4.78 is 0. The van der Waals surface area contributed by atoms with Crippen LogP contribution in [0.25, 0.3) is 0 Å². The van der Waals surface area contributed by atoms with Crippen molar-refractivity contribution in [2.75, 3.05) is 14.1 Å². The van der Waals surface area contributed by atoms with Crippen LogP contribution in [-0.2, 0) is 13.1 Å². The van der Waals surface area contributed by atoms with Gasteiger partial charge < -0.3 is 5.32 Å². The summed E-state index contributed by atoms with van der Waals surface area (Å²) in [7, 11) is 4.20. The van der Waals surface area contributed by atoms with Crippen LogP contribution in [0.4, 0.5) is 0 Å². The van der Waals surface area contributed by atoms with Crippen LogP contribution in [0.15, 0.2) is 24.3 Å². The second-order valence-corrected chi connectivity index (χ2v) is 4.90. The summed E-state index contributed by atoms with van der Waals surface area (Å²) >= 11 is 0. The minimum Gasteiger partial charge on any atom is -0.316 e. The van der Waals surface area contributed by atoms with Crippen molar-refractivity contribution in [2.24, 2.45) is 0 Å². The Bertz CT molecular complexity index is 322. The second kappa shape index (κ2) is 7.46. The number of hydrogen-bond acceptors (Lipinski definition) is 2. The molecule has 0 fully saturated rings. The number of hydrogen-bond donors (Lipinski definition) is 1. The van der Waals surface area contributed by atoms with E-state index in [2.05, 4.69) is 55.4 Å². The number of benzene rings is 1. The molecule has 0 saturated carbocycles. The van der Waals surface area contributed by atoms with Crippen LogP contribution in [0.5, 0.6) is 0 Å². The summed E-state index contributed by atoms with van der Waals surface area (Å²) in [6.45, 7) is 6.54. The Balaban J connectivity index is 2.58. The molecule has 1 aromatic rings. The average molecular weight is 234 g/mol. The lowest BCUT2D eigenvalue weighted by molar-refractivity contribution is 0.237. The molecule has 0 saturated heterocycles. The Kier molecular flexibility index (Phi) is 6.23. The molecule has 1 atom stereocenters. The quantitative estimate of drug-likeness (QED) is 0.780. The highest BCUT2D eigenvalue weighted by molar-refractivity contribution is 5.23. The predicted molar refractivity (Wildman–Crippen MR) is 75.0 cm³/mol. The van der Waals surface area contributed by atoms with Crippen molar-refractivity contribution in [1.82, 2.24) is 10.2 Å². The highest BCUT2D eigenvalue weighted by Crippen LogP contribution is 2.11. The van der Waals surface area contributed by atoms with E-state index in [0.717, 1.165) is 13.1 Å². The average Bonchev–Trinajstić information content (AvgIpc) is 2.30. The van der Waals surface area contributed by atoms with E-state index in [4.69, 9.17) is 0 Å². The zero-order valence-electron chi connectivity index (χ0n) is 11.7. The van der Waals surface area contributed by atoms with E-state index >= 15 is 0 Å². The summed E-state index contributed by atoms with van der Waals surface area (Å²) in [5.74, 6) is 0. The number of nitrogens with zero attached hydrogens (tertiary/aromatic N) is 1. The second-order valence-electron chi connectivity index (χ2n) is 4.90. The van der Waals surface area contributed by atoms with Crippen molar-refractivity contribution in [2.45, 2.75) is 45.8 Å². The summed E-state index contributed by atoms with van der Waals surface area (Å²) in [6, 6.07) is 9.50. The molecule has 2 heteroatoms. The lowest BCUT2D eigenvalue weighted by Crippen LogP contribution is -2.28. The highest BCUT2D eigenvalue weighted by Gasteiger charge is 2.08. The van der Waals surface area contributed by atoms with Crippen LogP contribution in [0.3, 0.4) is 0 Å². The maximum atomic E-state index is 3.19. The van der Waals surface area contributed by atoms with E-state index in [0.29, 0.717) is 6.04 Å². The lowest BCUT2D eigenvalue weighted by Gasteiger charge is -2.24. The van der Waals surface area contributed by atoms with Gasteiger partial charge in [-0.15, -0.1) is 0 Å². The SMILES string of the molecule is CCCC(C)N(C)Cc1cccc(CNC)c1. The minimum atomic E-state index is 0.660. The van der Waals surface area contributed by atoms with Crippen molar-refractivity contribution in [3.63, 3.8) is 0 Å². The zero-order valence-corrected chi connectivity index (χ0v) is 11.7. The van der Waals surface area contributed by atoms with Crippen LogP contribution in [0.2, 0.25) is 0 Å². The summed E-state index contributed by atoms with van der Waals surface area (Å²) in [4.78, 5) is 2.43. The molecular weight excluding hydrogens is 208 g/mol. The lowest BCUT2D eigenvalue weighted by atomic mass is 10.1. The van der Waals surface area contributed by atoms with Gasteiger partial charge in [0.25, 0.3) is 0 Å². The third-order valence-electron chi connectivity index (χ3n) is 3.26. The molecule has 0 radical (unpaired) electrons. The first kappa shape index (κ1) is 14.2. The third-order valence-corrected chi connectivity index (χ3v) is 3.26. The van der Waals surface area contributed by atoms with Crippen molar-refractivity contribution >= 4 is 0 Å². The molecule has 1 unspecified atom stereocenters. The molecule has 17 heavy (non-hydrogen) atoms. The van der Waals surface area contributed by atoms with Crippen molar-refractivity contribution < 1.29 is 0 Å². The van der Waals surface area contributed by atoms with E-state index in [1.807, 2.05) is 7.05 Å². The molecule has 0 aromatic heterocycles. The first-order valence-corrected chi connectivity index (χ1v) is 6.60. The van der Waals surface area contributed by atoms with Crippen molar-refractivity contribution in [3.05, 3.63) is 35.4 Å². The molecule has 1 N–H and O–H groups in total. The molecule has 1 aromatic carbocycles. The van der Waals surface area contributed by atoms with E-state index in [-0.39, 0.29) is 0 Å². The fourth-order valence-corrected chi connectivity index (χ4v) is 2.12. The Morgan fingerprint density at radius 1 is 1.29 bits per heavy atom. The van der Waals surface area contributed by atoms with E-state index in [9.17, 15) is 0 Å². The van der Waals surface area contributed by atoms with Gasteiger partial charge in [0, 0.05) is 19.1 Å². The third kappa shape index (κ3) is 4.88. The maximum absolute atomic E-state index is 3.19. The molecule has 0 spiro atoms. The van der Waals surface area contributed by atoms with Gasteiger partial charge in [-0.2, -0.15) is 0 Å². The predicted octanol–water partition coefficient (Wildman–Crippen LogP) is 3.03. The maximum Gasteiger partial charge on any atom is 0.0233 e. The fraction of sp³-hybridized carbons (Fsp3) is 0.600. The van der Waals surface area contributed by atoms with Crippen molar-refractivity contribution in [3.8, 4) is 0 Å². The van der Waals surface area contributed by atoms with E-state index < -0.39 is 0 Å². The summed E-state index contributed by atoms with van der Waals surface area (Å²) in [6.07, 6.45) is 2.53. The normalized spacial score (nSPS) is 13.0. The first-order chi connectivity index (χ1) is 8.17. The van der Waals surface area contributed by atoms with Gasteiger partial charge in [-0.05, 0) is 38.6 Å². The molecule has 0 bridgehead atoms. The largest absolute Gasteiger partial charge is 0.316 e. The van der Waals surface area contributed by atoms with Crippen molar-refractivity contribution in [1.29, 1.82) is 0 Å². The van der Waals surface area contributed by atoms with Gasteiger partial charge in [0.15, 0.2) is 0 Å². The standard InChI is InChI=1S/C15H26N2/c1-5-7-13(2)17(4)12-15-9-6-8-14(10-15)11-16-3/h6,8-10,13,16H,5,7,11-12H2,1-4H3. The van der Waals surface area contributed by atoms with Gasteiger partial charge in [0.1, 0.15) is 0 Å². The molecule has 0 heterocycles. The van der Waals surface area contributed by atoms with Gasteiger partial charge in [-0.3, -0.25) is 4.90 Å². The van der Waals surface area contributed by atoms with Crippen LogP contribution in [0, 0.1) is 0 Å². The van der Waals surface area contributed by atoms with Crippen LogP contribution >= 0.6 is 0 Å². The summed E-state index contributed by atoms with van der Waals surface area (Å²) in [5.41, 5.74) is 2.77. The smallest absolute Gasteiger partial charge is 0.0233 e. The molecule has 0 amide bonds. The number of nitrogens with one attached hydrogen (secondary N) is 1. The Morgan fingerprint density at radius 3 is 2.65 bits per heavy atom. The monoisotopic (exact) mass is 234 g/mol. The molecule has 0 aliphatic carbocycles. The van der Waals surface area contributed by atoms with Gasteiger partial charge >= 0.3 is 0 Å². The first-order valence-electron chi connectivity index (χ1n) is 6.60. The number of rotatable bonds is 7. The Labute approximate surface area is 106 Å².